The highest BCUT2D eigenvalue weighted by Gasteiger charge is 2.24. The molecule has 1 aliphatic heterocycles. The first-order valence-corrected chi connectivity index (χ1v) is 7.83. The number of benzene rings is 1. The Morgan fingerprint density at radius 1 is 1.36 bits per heavy atom. The predicted octanol–water partition coefficient (Wildman–Crippen LogP) is 3.07. The number of carbonyl (C=O) groups excluding carboxylic acids is 1. The number of nitro benzene ring substituents is 1. The van der Waals surface area contributed by atoms with E-state index in [1.807, 2.05) is 4.90 Å². The van der Waals surface area contributed by atoms with Crippen LogP contribution in [0.2, 0.25) is 0 Å². The second-order valence-corrected chi connectivity index (χ2v) is 5.74. The number of nitrogens with zero attached hydrogens (tertiary/aromatic N) is 3. The van der Waals surface area contributed by atoms with E-state index in [2.05, 4.69) is 6.92 Å². The van der Waals surface area contributed by atoms with Crippen molar-refractivity contribution in [3.05, 3.63) is 33.9 Å². The zero-order valence-corrected chi connectivity index (χ0v) is 13.2. The van der Waals surface area contributed by atoms with Gasteiger partial charge in [0.1, 0.15) is 5.69 Å². The summed E-state index contributed by atoms with van der Waals surface area (Å²) in [7, 11) is 1.73. The average Bonchev–Trinajstić information content (AvgIpc) is 3.05. The van der Waals surface area contributed by atoms with Crippen LogP contribution in [0, 0.1) is 10.1 Å². The molecule has 1 heterocycles. The molecule has 1 aliphatic rings. The number of carbonyl (C=O) groups is 1. The fourth-order valence-corrected chi connectivity index (χ4v) is 2.75. The van der Waals surface area contributed by atoms with Gasteiger partial charge in [-0.2, -0.15) is 0 Å². The van der Waals surface area contributed by atoms with Crippen LogP contribution < -0.4 is 4.90 Å². The lowest BCUT2D eigenvalue weighted by atomic mass is 10.1. The minimum atomic E-state index is -0.392. The first kappa shape index (κ1) is 16.3. The number of nitro groups is 1. The number of amides is 1. The summed E-state index contributed by atoms with van der Waals surface area (Å²) in [5.74, 6) is -0.162. The minimum absolute atomic E-state index is 0.0247. The molecule has 120 valence electrons. The van der Waals surface area contributed by atoms with Gasteiger partial charge >= 0.3 is 0 Å². The van der Waals surface area contributed by atoms with Gasteiger partial charge in [0.2, 0.25) is 0 Å². The molecule has 1 aromatic rings. The quantitative estimate of drug-likeness (QED) is 0.598. The van der Waals surface area contributed by atoms with Gasteiger partial charge in [-0.15, -0.1) is 0 Å². The van der Waals surface area contributed by atoms with Crippen LogP contribution in [0.5, 0.6) is 0 Å². The van der Waals surface area contributed by atoms with Crippen molar-refractivity contribution in [2.75, 3.05) is 31.6 Å². The molecule has 0 aromatic heterocycles. The van der Waals surface area contributed by atoms with E-state index >= 15 is 0 Å². The van der Waals surface area contributed by atoms with Crippen molar-refractivity contribution in [3.8, 4) is 0 Å². The van der Waals surface area contributed by atoms with Gasteiger partial charge in [0.15, 0.2) is 0 Å². The molecule has 6 nitrogen and oxygen atoms in total. The molecule has 0 radical (unpaired) electrons. The molecule has 0 unspecified atom stereocenters. The highest BCUT2D eigenvalue weighted by Crippen LogP contribution is 2.31. The van der Waals surface area contributed by atoms with Crippen LogP contribution in [0.15, 0.2) is 18.2 Å². The number of rotatable bonds is 6. The standard InChI is InChI=1S/C16H23N3O3/c1-3-4-9-17(2)16(20)13-7-8-14(15(12-13)19(21)22)18-10-5-6-11-18/h7-8,12H,3-6,9-11H2,1-2H3. The summed E-state index contributed by atoms with van der Waals surface area (Å²) in [6.07, 6.45) is 4.04. The van der Waals surface area contributed by atoms with E-state index < -0.39 is 4.92 Å². The van der Waals surface area contributed by atoms with Gasteiger partial charge in [-0.05, 0) is 31.4 Å². The lowest BCUT2D eigenvalue weighted by Gasteiger charge is -2.19. The molecule has 0 saturated carbocycles. The average molecular weight is 305 g/mol. The molecule has 22 heavy (non-hydrogen) atoms. The monoisotopic (exact) mass is 305 g/mol. The molecule has 2 rings (SSSR count). The number of anilines is 1. The van der Waals surface area contributed by atoms with E-state index in [9.17, 15) is 14.9 Å². The Bertz CT molecular complexity index is 554. The first-order chi connectivity index (χ1) is 10.5. The van der Waals surface area contributed by atoms with Crippen molar-refractivity contribution in [1.82, 2.24) is 4.90 Å². The predicted molar refractivity (Wildman–Crippen MR) is 86.4 cm³/mol. The van der Waals surface area contributed by atoms with Gasteiger partial charge in [-0.3, -0.25) is 14.9 Å². The molecule has 1 amide bonds. The van der Waals surface area contributed by atoms with Crippen LogP contribution in [0.25, 0.3) is 0 Å². The smallest absolute Gasteiger partial charge is 0.293 e. The number of hydrogen-bond donors (Lipinski definition) is 0. The van der Waals surface area contributed by atoms with Crippen LogP contribution in [-0.4, -0.2) is 42.4 Å². The second kappa shape index (κ2) is 7.24. The summed E-state index contributed by atoms with van der Waals surface area (Å²) in [4.78, 5) is 26.9. The zero-order chi connectivity index (χ0) is 16.1. The topological polar surface area (TPSA) is 66.7 Å². The van der Waals surface area contributed by atoms with E-state index in [0.29, 0.717) is 17.8 Å². The summed E-state index contributed by atoms with van der Waals surface area (Å²) in [5, 5.41) is 11.3. The van der Waals surface area contributed by atoms with E-state index in [1.165, 1.54) is 6.07 Å². The Kier molecular flexibility index (Phi) is 5.35. The maximum atomic E-state index is 12.3. The van der Waals surface area contributed by atoms with Gasteiger partial charge in [0.25, 0.3) is 11.6 Å². The van der Waals surface area contributed by atoms with Crippen molar-refractivity contribution < 1.29 is 9.72 Å². The molecule has 0 spiro atoms. The highest BCUT2D eigenvalue weighted by atomic mass is 16.6. The van der Waals surface area contributed by atoms with E-state index in [0.717, 1.165) is 38.8 Å². The summed E-state index contributed by atoms with van der Waals surface area (Å²) in [6.45, 7) is 4.40. The molecule has 1 fully saturated rings. The van der Waals surface area contributed by atoms with Gasteiger partial charge in [-0.25, -0.2) is 0 Å². The van der Waals surface area contributed by atoms with Crippen LogP contribution in [-0.2, 0) is 0 Å². The lowest BCUT2D eigenvalue weighted by molar-refractivity contribution is -0.384. The van der Waals surface area contributed by atoms with Gasteiger partial charge in [0, 0.05) is 38.3 Å². The van der Waals surface area contributed by atoms with Gasteiger partial charge < -0.3 is 9.80 Å². The van der Waals surface area contributed by atoms with Crippen LogP contribution in [0.4, 0.5) is 11.4 Å². The summed E-state index contributed by atoms with van der Waals surface area (Å²) < 4.78 is 0. The Hall–Kier alpha value is -2.11. The Labute approximate surface area is 130 Å². The van der Waals surface area contributed by atoms with Crippen molar-refractivity contribution in [3.63, 3.8) is 0 Å². The molecule has 0 atom stereocenters. The third kappa shape index (κ3) is 3.55. The molecular formula is C16H23N3O3. The molecule has 0 bridgehead atoms. The third-order valence-electron chi connectivity index (χ3n) is 4.06. The number of hydrogen-bond acceptors (Lipinski definition) is 4. The Morgan fingerprint density at radius 3 is 2.64 bits per heavy atom. The Balaban J connectivity index is 2.25. The molecule has 0 aliphatic carbocycles. The van der Waals surface area contributed by atoms with Crippen molar-refractivity contribution in [2.24, 2.45) is 0 Å². The fourth-order valence-electron chi connectivity index (χ4n) is 2.75. The van der Waals surface area contributed by atoms with Gasteiger partial charge in [0.05, 0.1) is 4.92 Å². The maximum absolute atomic E-state index is 12.3. The summed E-state index contributed by atoms with van der Waals surface area (Å²) in [6, 6.07) is 4.83. The first-order valence-electron chi connectivity index (χ1n) is 7.83. The zero-order valence-electron chi connectivity index (χ0n) is 13.2. The maximum Gasteiger partial charge on any atom is 0.293 e. The number of unbranched alkanes of at least 4 members (excludes halogenated alkanes) is 1. The largest absolute Gasteiger partial charge is 0.366 e. The van der Waals surface area contributed by atoms with Crippen molar-refractivity contribution in [2.45, 2.75) is 32.6 Å². The van der Waals surface area contributed by atoms with Crippen LogP contribution in [0.1, 0.15) is 43.0 Å². The second-order valence-electron chi connectivity index (χ2n) is 5.74. The van der Waals surface area contributed by atoms with Crippen LogP contribution >= 0.6 is 0 Å². The van der Waals surface area contributed by atoms with Crippen molar-refractivity contribution >= 4 is 17.3 Å². The normalized spacial score (nSPS) is 14.2. The summed E-state index contributed by atoms with van der Waals surface area (Å²) >= 11 is 0. The SMILES string of the molecule is CCCCN(C)C(=O)c1ccc(N2CCCC2)c([N+](=O)[O-])c1. The Morgan fingerprint density at radius 2 is 2.05 bits per heavy atom. The van der Waals surface area contributed by atoms with Gasteiger partial charge in [-0.1, -0.05) is 13.3 Å². The van der Waals surface area contributed by atoms with E-state index in [-0.39, 0.29) is 11.6 Å². The van der Waals surface area contributed by atoms with E-state index in [1.54, 1.807) is 24.1 Å². The lowest BCUT2D eigenvalue weighted by Crippen LogP contribution is -2.28. The molecule has 6 heteroatoms. The van der Waals surface area contributed by atoms with Crippen molar-refractivity contribution in [1.29, 1.82) is 0 Å². The van der Waals surface area contributed by atoms with E-state index in [4.69, 9.17) is 0 Å². The molecule has 0 N–H and O–H groups in total. The fraction of sp³-hybridized carbons (Fsp3) is 0.562. The van der Waals surface area contributed by atoms with Crippen LogP contribution in [0.3, 0.4) is 0 Å². The summed E-state index contributed by atoms with van der Waals surface area (Å²) in [5.41, 5.74) is 1.03. The molecular weight excluding hydrogens is 282 g/mol. The third-order valence-corrected chi connectivity index (χ3v) is 4.06. The molecule has 1 aromatic carbocycles. The minimum Gasteiger partial charge on any atom is -0.366 e. The molecule has 1 saturated heterocycles. The highest BCUT2D eigenvalue weighted by molar-refractivity contribution is 5.95.